The number of Topliss-reactive ketones (excluding diaryl/α,β-unsaturated/α-hetero) is 1. The van der Waals surface area contributed by atoms with E-state index < -0.39 is 22.7 Å². The number of tetrazole rings is 1. The third kappa shape index (κ3) is 3.74. The maximum Gasteiger partial charge on any atom is 0.214 e. The van der Waals surface area contributed by atoms with Gasteiger partial charge in [-0.05, 0) is 54.1 Å². The van der Waals surface area contributed by atoms with Gasteiger partial charge < -0.3 is 0 Å². The molecule has 3 rings (SSSR count). The zero-order valence-electron chi connectivity index (χ0n) is 13.5. The number of carbonyl (C=O) groups is 1. The van der Waals surface area contributed by atoms with Gasteiger partial charge in [-0.3, -0.25) is 4.79 Å². The van der Waals surface area contributed by atoms with Gasteiger partial charge >= 0.3 is 0 Å². The molecule has 0 bridgehead atoms. The van der Waals surface area contributed by atoms with Crippen molar-refractivity contribution in [2.45, 2.75) is 24.3 Å². The summed E-state index contributed by atoms with van der Waals surface area (Å²) in [5.74, 6) is -2.06. The van der Waals surface area contributed by atoms with E-state index in [0.717, 1.165) is 35.1 Å². The Hall–Kier alpha value is -2.61. The van der Waals surface area contributed by atoms with Crippen LogP contribution in [0.15, 0.2) is 47.6 Å². The van der Waals surface area contributed by atoms with Crippen molar-refractivity contribution in [3.63, 3.8) is 0 Å². The highest BCUT2D eigenvalue weighted by molar-refractivity contribution is 8.00. The van der Waals surface area contributed by atoms with Gasteiger partial charge in [0.25, 0.3) is 0 Å². The number of hydrogen-bond acceptors (Lipinski definition) is 5. The Bertz CT molecular complexity index is 929. The van der Waals surface area contributed by atoms with Crippen molar-refractivity contribution in [1.29, 1.82) is 0 Å². The summed E-state index contributed by atoms with van der Waals surface area (Å²) in [5, 5.41) is 11.3. The van der Waals surface area contributed by atoms with Crippen molar-refractivity contribution in [3.8, 4) is 5.69 Å². The Morgan fingerprint density at radius 1 is 1.20 bits per heavy atom. The Labute approximate surface area is 147 Å². The Morgan fingerprint density at radius 2 is 2.00 bits per heavy atom. The molecule has 8 heteroatoms. The second-order valence-corrected chi connectivity index (χ2v) is 6.77. The fourth-order valence-corrected chi connectivity index (χ4v) is 3.17. The highest BCUT2D eigenvalue weighted by Gasteiger charge is 2.23. The molecule has 0 fully saturated rings. The lowest BCUT2D eigenvalue weighted by Crippen LogP contribution is -2.16. The van der Waals surface area contributed by atoms with E-state index >= 15 is 0 Å². The molecule has 0 aliphatic carbocycles. The van der Waals surface area contributed by atoms with Gasteiger partial charge in [-0.15, -0.1) is 5.10 Å². The summed E-state index contributed by atoms with van der Waals surface area (Å²) < 4.78 is 28.3. The molecule has 3 aromatic rings. The molecule has 0 N–H and O–H groups in total. The summed E-state index contributed by atoms with van der Waals surface area (Å²) in [6, 6.07) is 10.5. The van der Waals surface area contributed by atoms with Crippen LogP contribution in [0.2, 0.25) is 0 Å². The van der Waals surface area contributed by atoms with Crippen LogP contribution in [0.3, 0.4) is 0 Å². The zero-order valence-corrected chi connectivity index (χ0v) is 14.3. The number of halogens is 2. The lowest BCUT2D eigenvalue weighted by Gasteiger charge is -2.11. The van der Waals surface area contributed by atoms with E-state index in [-0.39, 0.29) is 5.56 Å². The number of rotatable bonds is 5. The van der Waals surface area contributed by atoms with Gasteiger partial charge in [0.2, 0.25) is 5.16 Å². The number of aromatic nitrogens is 4. The predicted molar refractivity (Wildman–Crippen MR) is 89.9 cm³/mol. The fraction of sp³-hybridized carbons (Fsp3) is 0.176. The van der Waals surface area contributed by atoms with Crippen molar-refractivity contribution < 1.29 is 13.6 Å². The van der Waals surface area contributed by atoms with Gasteiger partial charge in [-0.25, -0.2) is 8.78 Å². The fourth-order valence-electron chi connectivity index (χ4n) is 2.29. The average molecular weight is 360 g/mol. The molecule has 0 saturated heterocycles. The molecule has 0 saturated carbocycles. The lowest BCUT2D eigenvalue weighted by molar-refractivity contribution is 0.0990. The monoisotopic (exact) mass is 360 g/mol. The van der Waals surface area contributed by atoms with Gasteiger partial charge in [-0.1, -0.05) is 23.9 Å². The number of hydrogen-bond donors (Lipinski definition) is 0. The van der Waals surface area contributed by atoms with Crippen LogP contribution < -0.4 is 0 Å². The van der Waals surface area contributed by atoms with Crippen molar-refractivity contribution in [2.24, 2.45) is 0 Å². The number of ketones is 1. The third-order valence-electron chi connectivity index (χ3n) is 3.54. The zero-order chi connectivity index (χ0) is 18.0. The molecule has 1 unspecified atom stereocenters. The molecule has 0 spiro atoms. The van der Waals surface area contributed by atoms with Crippen LogP contribution in [0.4, 0.5) is 8.78 Å². The van der Waals surface area contributed by atoms with Crippen LogP contribution in [0.1, 0.15) is 22.8 Å². The van der Waals surface area contributed by atoms with Crippen LogP contribution in [0.5, 0.6) is 0 Å². The molecule has 0 amide bonds. The second kappa shape index (κ2) is 7.10. The van der Waals surface area contributed by atoms with E-state index in [1.54, 1.807) is 6.92 Å². The first-order chi connectivity index (χ1) is 12.0. The molecule has 0 radical (unpaired) electrons. The van der Waals surface area contributed by atoms with Crippen LogP contribution in [0, 0.1) is 18.6 Å². The van der Waals surface area contributed by atoms with Crippen molar-refractivity contribution in [1.82, 2.24) is 20.2 Å². The molecule has 0 aliphatic rings. The Balaban J connectivity index is 1.83. The number of benzene rings is 2. The quantitative estimate of drug-likeness (QED) is 0.514. The Kier molecular flexibility index (Phi) is 4.89. The van der Waals surface area contributed by atoms with E-state index in [0.29, 0.717) is 11.2 Å². The lowest BCUT2D eigenvalue weighted by atomic mass is 10.1. The van der Waals surface area contributed by atoms with Gasteiger partial charge in [0, 0.05) is 6.07 Å². The minimum Gasteiger partial charge on any atom is -0.293 e. The predicted octanol–water partition coefficient (Wildman–Crippen LogP) is 3.61. The van der Waals surface area contributed by atoms with E-state index in [9.17, 15) is 13.6 Å². The normalized spacial score (nSPS) is 12.2. The van der Waals surface area contributed by atoms with E-state index in [1.807, 2.05) is 31.2 Å². The molecule has 25 heavy (non-hydrogen) atoms. The first kappa shape index (κ1) is 17.2. The molecule has 128 valence electrons. The molecular formula is C17H14F2N4OS. The molecule has 1 atom stereocenters. The summed E-state index contributed by atoms with van der Waals surface area (Å²) >= 11 is 1.11. The highest BCUT2D eigenvalue weighted by Crippen LogP contribution is 2.26. The largest absolute Gasteiger partial charge is 0.293 e. The average Bonchev–Trinajstić information content (AvgIpc) is 3.02. The smallest absolute Gasteiger partial charge is 0.214 e. The van der Waals surface area contributed by atoms with Crippen LogP contribution in [-0.2, 0) is 0 Å². The second-order valence-electron chi connectivity index (χ2n) is 5.46. The van der Waals surface area contributed by atoms with Gasteiger partial charge in [0.1, 0.15) is 11.6 Å². The summed E-state index contributed by atoms with van der Waals surface area (Å²) in [4.78, 5) is 12.4. The summed E-state index contributed by atoms with van der Waals surface area (Å²) in [5.41, 5.74) is 1.65. The van der Waals surface area contributed by atoms with Crippen molar-refractivity contribution >= 4 is 17.5 Å². The minimum atomic E-state index is -0.879. The van der Waals surface area contributed by atoms with Gasteiger partial charge in [0.15, 0.2) is 5.78 Å². The van der Waals surface area contributed by atoms with Crippen molar-refractivity contribution in [2.75, 3.05) is 0 Å². The number of nitrogens with zero attached hydrogens (tertiary/aromatic N) is 4. The van der Waals surface area contributed by atoms with Crippen LogP contribution in [-0.4, -0.2) is 31.2 Å². The molecular weight excluding hydrogens is 346 g/mol. The third-order valence-corrected chi connectivity index (χ3v) is 4.57. The van der Waals surface area contributed by atoms with Gasteiger partial charge in [0.05, 0.1) is 16.5 Å². The van der Waals surface area contributed by atoms with Crippen molar-refractivity contribution in [3.05, 3.63) is 65.2 Å². The number of aryl methyl sites for hydroxylation is 1. The van der Waals surface area contributed by atoms with E-state index in [4.69, 9.17) is 0 Å². The molecule has 1 heterocycles. The topological polar surface area (TPSA) is 60.7 Å². The van der Waals surface area contributed by atoms with Crippen LogP contribution >= 0.6 is 11.8 Å². The molecule has 2 aromatic carbocycles. The minimum absolute atomic E-state index is 0.156. The first-order valence-electron chi connectivity index (χ1n) is 7.47. The first-order valence-corrected chi connectivity index (χ1v) is 8.35. The number of thioether (sulfide) groups is 1. The molecule has 5 nitrogen and oxygen atoms in total. The molecule has 1 aromatic heterocycles. The summed E-state index contributed by atoms with van der Waals surface area (Å²) in [6.45, 7) is 3.58. The van der Waals surface area contributed by atoms with Gasteiger partial charge in [-0.2, -0.15) is 4.68 Å². The van der Waals surface area contributed by atoms with E-state index in [1.165, 1.54) is 4.68 Å². The SMILES string of the molecule is Cc1cccc(-n2nnnc2SC(C)C(=O)c2ccc(F)cc2F)c1. The van der Waals surface area contributed by atoms with E-state index in [2.05, 4.69) is 15.5 Å². The maximum absolute atomic E-state index is 13.8. The number of carbonyl (C=O) groups excluding carboxylic acids is 1. The highest BCUT2D eigenvalue weighted by atomic mass is 32.2. The molecule has 0 aliphatic heterocycles. The summed E-state index contributed by atoms with van der Waals surface area (Å²) in [7, 11) is 0. The van der Waals surface area contributed by atoms with Crippen LogP contribution in [0.25, 0.3) is 5.69 Å². The standard InChI is InChI=1S/C17H14F2N4OS/c1-10-4-3-5-13(8-10)23-17(20-21-22-23)25-11(2)16(24)14-7-6-12(18)9-15(14)19/h3-9,11H,1-2H3. The summed E-state index contributed by atoms with van der Waals surface area (Å²) in [6.07, 6.45) is 0. The maximum atomic E-state index is 13.8. The Morgan fingerprint density at radius 3 is 2.72 bits per heavy atom.